The molecule has 6 nitrogen and oxygen atoms in total. The molecule has 0 aliphatic carbocycles. The number of carboxylic acids is 1. The van der Waals surface area contributed by atoms with Crippen molar-refractivity contribution in [2.24, 2.45) is 0 Å². The summed E-state index contributed by atoms with van der Waals surface area (Å²) in [6.45, 7) is 2.01. The molecule has 0 bridgehead atoms. The van der Waals surface area contributed by atoms with Crippen LogP contribution in [0, 0.1) is 5.82 Å². The molecule has 1 heterocycles. The first-order chi connectivity index (χ1) is 9.89. The van der Waals surface area contributed by atoms with E-state index in [1.165, 1.54) is 16.4 Å². The van der Waals surface area contributed by atoms with Crippen molar-refractivity contribution in [2.45, 2.75) is 11.3 Å². The van der Waals surface area contributed by atoms with Gasteiger partial charge in [-0.25, -0.2) is 12.8 Å². The fourth-order valence-corrected chi connectivity index (χ4v) is 3.63. The largest absolute Gasteiger partial charge is 0.481 e. The number of halogens is 2. The Balaban J connectivity index is 0.00000242. The molecular weight excluding hydrogens is 335 g/mol. The SMILES string of the molecule is Cl.O=C(O)CCN1CCN(S(=O)(=O)c2ccc(F)cc2)CC1. The molecule has 0 unspecified atom stereocenters. The van der Waals surface area contributed by atoms with E-state index in [0.29, 0.717) is 32.7 Å². The number of sulfonamides is 1. The van der Waals surface area contributed by atoms with Crippen molar-refractivity contribution in [2.75, 3.05) is 32.7 Å². The van der Waals surface area contributed by atoms with Crippen molar-refractivity contribution in [3.63, 3.8) is 0 Å². The molecule has 1 aliphatic rings. The van der Waals surface area contributed by atoms with E-state index in [-0.39, 0.29) is 23.7 Å². The van der Waals surface area contributed by atoms with E-state index in [2.05, 4.69) is 0 Å². The van der Waals surface area contributed by atoms with Crippen molar-refractivity contribution in [3.05, 3.63) is 30.1 Å². The topological polar surface area (TPSA) is 77.9 Å². The maximum absolute atomic E-state index is 12.9. The number of aliphatic carboxylic acids is 1. The van der Waals surface area contributed by atoms with Gasteiger partial charge >= 0.3 is 5.97 Å². The Morgan fingerprint density at radius 1 is 1.14 bits per heavy atom. The van der Waals surface area contributed by atoms with E-state index < -0.39 is 21.8 Å². The van der Waals surface area contributed by atoms with Gasteiger partial charge in [-0.05, 0) is 24.3 Å². The average Bonchev–Trinajstić information content (AvgIpc) is 2.46. The highest BCUT2D eigenvalue weighted by Crippen LogP contribution is 2.18. The van der Waals surface area contributed by atoms with Crippen LogP contribution in [0.4, 0.5) is 4.39 Å². The third kappa shape index (κ3) is 4.64. The summed E-state index contributed by atoms with van der Waals surface area (Å²) in [7, 11) is -3.61. The molecule has 0 spiro atoms. The lowest BCUT2D eigenvalue weighted by Gasteiger charge is -2.33. The van der Waals surface area contributed by atoms with Crippen molar-refractivity contribution < 1.29 is 22.7 Å². The molecule has 0 aromatic heterocycles. The van der Waals surface area contributed by atoms with Gasteiger partial charge in [-0.15, -0.1) is 12.4 Å². The normalized spacial score (nSPS) is 17.0. The Morgan fingerprint density at radius 3 is 2.18 bits per heavy atom. The van der Waals surface area contributed by atoms with Gasteiger partial charge in [0.2, 0.25) is 10.0 Å². The third-order valence-electron chi connectivity index (χ3n) is 3.42. The summed E-state index contributed by atoms with van der Waals surface area (Å²) in [4.78, 5) is 12.5. The summed E-state index contributed by atoms with van der Waals surface area (Å²) in [5.74, 6) is -1.34. The highest BCUT2D eigenvalue weighted by molar-refractivity contribution is 7.89. The van der Waals surface area contributed by atoms with Crippen LogP contribution in [0.2, 0.25) is 0 Å². The van der Waals surface area contributed by atoms with Crippen LogP contribution in [-0.2, 0) is 14.8 Å². The van der Waals surface area contributed by atoms with E-state index >= 15 is 0 Å². The van der Waals surface area contributed by atoms with Gasteiger partial charge < -0.3 is 10.0 Å². The van der Waals surface area contributed by atoms with Gasteiger partial charge in [-0.3, -0.25) is 4.79 Å². The third-order valence-corrected chi connectivity index (χ3v) is 5.34. The monoisotopic (exact) mass is 352 g/mol. The highest BCUT2D eigenvalue weighted by Gasteiger charge is 2.28. The van der Waals surface area contributed by atoms with Crippen molar-refractivity contribution in [3.8, 4) is 0 Å². The molecule has 1 N–H and O–H groups in total. The van der Waals surface area contributed by atoms with Crippen molar-refractivity contribution in [1.29, 1.82) is 0 Å². The molecule has 0 amide bonds. The first-order valence-corrected chi connectivity index (χ1v) is 8.03. The number of hydrogen-bond donors (Lipinski definition) is 1. The second-order valence-corrected chi connectivity index (χ2v) is 6.78. The molecule has 2 rings (SSSR count). The van der Waals surface area contributed by atoms with Gasteiger partial charge in [0.1, 0.15) is 5.82 Å². The van der Waals surface area contributed by atoms with E-state index in [0.717, 1.165) is 12.1 Å². The fourth-order valence-electron chi connectivity index (χ4n) is 2.20. The minimum atomic E-state index is -3.61. The fraction of sp³-hybridized carbons (Fsp3) is 0.462. The van der Waals surface area contributed by atoms with Gasteiger partial charge in [0.25, 0.3) is 0 Å². The number of nitrogens with zero attached hydrogens (tertiary/aromatic N) is 2. The van der Waals surface area contributed by atoms with Crippen molar-refractivity contribution in [1.82, 2.24) is 9.21 Å². The van der Waals surface area contributed by atoms with Crippen molar-refractivity contribution >= 4 is 28.4 Å². The molecular formula is C13H18ClFN2O4S. The highest BCUT2D eigenvalue weighted by atomic mass is 35.5. The van der Waals surface area contributed by atoms with Crippen LogP contribution < -0.4 is 0 Å². The molecule has 0 atom stereocenters. The smallest absolute Gasteiger partial charge is 0.304 e. The molecule has 1 saturated heterocycles. The summed E-state index contributed by atoms with van der Waals surface area (Å²) in [6.07, 6.45) is 0.0463. The lowest BCUT2D eigenvalue weighted by Crippen LogP contribution is -2.48. The van der Waals surface area contributed by atoms with Crippen LogP contribution >= 0.6 is 12.4 Å². The van der Waals surface area contributed by atoms with E-state index in [1.807, 2.05) is 4.90 Å². The van der Waals surface area contributed by atoms with Gasteiger partial charge in [-0.1, -0.05) is 0 Å². The Hall–Kier alpha value is -1.22. The minimum Gasteiger partial charge on any atom is -0.481 e. The lowest BCUT2D eigenvalue weighted by atomic mass is 10.3. The van der Waals surface area contributed by atoms with E-state index in [1.54, 1.807) is 0 Å². The number of piperazine rings is 1. The zero-order valence-electron chi connectivity index (χ0n) is 11.8. The summed E-state index contributed by atoms with van der Waals surface area (Å²) in [6, 6.07) is 4.74. The molecule has 1 aliphatic heterocycles. The molecule has 1 aromatic rings. The zero-order valence-corrected chi connectivity index (χ0v) is 13.4. The Kier molecular flexibility index (Phi) is 6.73. The minimum absolute atomic E-state index is 0. The molecule has 0 saturated carbocycles. The Labute approximate surface area is 135 Å². The van der Waals surface area contributed by atoms with Crippen LogP contribution in [0.5, 0.6) is 0 Å². The summed E-state index contributed by atoms with van der Waals surface area (Å²) >= 11 is 0. The summed E-state index contributed by atoms with van der Waals surface area (Å²) in [5.41, 5.74) is 0. The van der Waals surface area contributed by atoms with Crippen LogP contribution in [-0.4, -0.2) is 61.4 Å². The van der Waals surface area contributed by atoms with Crippen LogP contribution in [0.3, 0.4) is 0 Å². The van der Waals surface area contributed by atoms with E-state index in [4.69, 9.17) is 5.11 Å². The number of benzene rings is 1. The number of carbonyl (C=O) groups is 1. The first-order valence-electron chi connectivity index (χ1n) is 6.59. The maximum atomic E-state index is 12.9. The molecule has 1 fully saturated rings. The summed E-state index contributed by atoms with van der Waals surface area (Å²) < 4.78 is 38.9. The summed E-state index contributed by atoms with van der Waals surface area (Å²) in [5, 5.41) is 8.63. The van der Waals surface area contributed by atoms with Crippen LogP contribution in [0.25, 0.3) is 0 Å². The van der Waals surface area contributed by atoms with Gasteiger partial charge in [0.05, 0.1) is 11.3 Å². The second kappa shape index (κ2) is 7.87. The number of hydrogen-bond acceptors (Lipinski definition) is 4. The maximum Gasteiger partial charge on any atom is 0.304 e. The molecule has 9 heteroatoms. The van der Waals surface area contributed by atoms with Crippen LogP contribution in [0.15, 0.2) is 29.2 Å². The zero-order chi connectivity index (χ0) is 15.5. The Morgan fingerprint density at radius 2 is 1.68 bits per heavy atom. The lowest BCUT2D eigenvalue weighted by molar-refractivity contribution is -0.137. The Bertz CT molecular complexity index is 601. The predicted octanol–water partition coefficient (Wildman–Crippen LogP) is 1.03. The molecule has 22 heavy (non-hydrogen) atoms. The van der Waals surface area contributed by atoms with E-state index in [9.17, 15) is 17.6 Å². The van der Waals surface area contributed by atoms with Gasteiger partial charge in [0, 0.05) is 32.7 Å². The molecule has 124 valence electrons. The number of rotatable bonds is 5. The standard InChI is InChI=1S/C13H17FN2O4S.ClH/c14-11-1-3-12(4-2-11)21(19,20)16-9-7-15(8-10-16)6-5-13(17)18;/h1-4H,5-10H2,(H,17,18);1H. The first kappa shape index (κ1) is 18.8. The molecule has 0 radical (unpaired) electrons. The predicted molar refractivity (Wildman–Crippen MR) is 81.1 cm³/mol. The van der Waals surface area contributed by atoms with Crippen LogP contribution in [0.1, 0.15) is 6.42 Å². The quantitative estimate of drug-likeness (QED) is 0.856. The number of carboxylic acid groups (broad SMARTS) is 1. The van der Waals surface area contributed by atoms with Gasteiger partial charge in [0.15, 0.2) is 0 Å². The molecule has 1 aromatic carbocycles. The van der Waals surface area contributed by atoms with Gasteiger partial charge in [-0.2, -0.15) is 4.31 Å². The average molecular weight is 353 g/mol. The second-order valence-electron chi connectivity index (χ2n) is 4.84.